The summed E-state index contributed by atoms with van der Waals surface area (Å²) >= 11 is 1.37. The van der Waals surface area contributed by atoms with Crippen LogP contribution in [-0.4, -0.2) is 47.2 Å². The molecule has 3 rings (SSSR count). The summed E-state index contributed by atoms with van der Waals surface area (Å²) in [5, 5.41) is 12.2. The van der Waals surface area contributed by atoms with E-state index in [-0.39, 0.29) is 11.7 Å². The molecule has 3 aromatic rings. The molecule has 0 saturated carbocycles. The maximum atomic E-state index is 12.3. The lowest BCUT2D eigenvalue weighted by Gasteiger charge is -2.12. The SMILES string of the molecule is COc1ccc(CCNC(=O)CSc2nnc(-c3ccco3)n2CC(C)C)cc1OC. The van der Waals surface area contributed by atoms with Gasteiger partial charge in [0.05, 0.1) is 26.2 Å². The van der Waals surface area contributed by atoms with Crippen molar-refractivity contribution in [2.24, 2.45) is 5.92 Å². The molecule has 2 heterocycles. The van der Waals surface area contributed by atoms with E-state index >= 15 is 0 Å². The molecule has 0 radical (unpaired) electrons. The van der Waals surface area contributed by atoms with Crippen LogP contribution in [0.4, 0.5) is 0 Å². The third kappa shape index (κ3) is 6.04. The highest BCUT2D eigenvalue weighted by atomic mass is 32.2. The van der Waals surface area contributed by atoms with Crippen LogP contribution < -0.4 is 14.8 Å². The van der Waals surface area contributed by atoms with Gasteiger partial charge in [-0.1, -0.05) is 31.7 Å². The number of nitrogens with zero attached hydrogens (tertiary/aromatic N) is 3. The number of ether oxygens (including phenoxy) is 2. The Morgan fingerprint density at radius 3 is 2.68 bits per heavy atom. The first-order valence-electron chi connectivity index (χ1n) is 10.1. The molecule has 0 aliphatic rings. The summed E-state index contributed by atoms with van der Waals surface area (Å²) in [5.41, 5.74) is 1.06. The second-order valence-corrected chi connectivity index (χ2v) is 8.31. The molecule has 0 bridgehead atoms. The minimum absolute atomic E-state index is 0.0517. The number of carbonyl (C=O) groups excluding carboxylic acids is 1. The highest BCUT2D eigenvalue weighted by Crippen LogP contribution is 2.28. The predicted molar refractivity (Wildman–Crippen MR) is 120 cm³/mol. The molecule has 0 saturated heterocycles. The van der Waals surface area contributed by atoms with Crippen LogP contribution in [0.15, 0.2) is 46.2 Å². The normalized spacial score (nSPS) is 11.0. The minimum atomic E-state index is -0.0517. The Hall–Kier alpha value is -2.94. The summed E-state index contributed by atoms with van der Waals surface area (Å²) in [6.45, 7) is 5.53. The van der Waals surface area contributed by atoms with Gasteiger partial charge in [0.25, 0.3) is 0 Å². The Kier molecular flexibility index (Phi) is 8.00. The van der Waals surface area contributed by atoms with E-state index in [0.29, 0.717) is 47.1 Å². The number of hydrogen-bond acceptors (Lipinski definition) is 7. The zero-order valence-corrected chi connectivity index (χ0v) is 19.1. The maximum Gasteiger partial charge on any atom is 0.230 e. The Labute approximate surface area is 186 Å². The van der Waals surface area contributed by atoms with E-state index < -0.39 is 0 Å². The van der Waals surface area contributed by atoms with Gasteiger partial charge in [-0.25, -0.2) is 0 Å². The Balaban J connectivity index is 1.54. The second kappa shape index (κ2) is 10.9. The second-order valence-electron chi connectivity index (χ2n) is 7.37. The van der Waals surface area contributed by atoms with Crippen molar-refractivity contribution < 1.29 is 18.7 Å². The summed E-state index contributed by atoms with van der Waals surface area (Å²) in [4.78, 5) is 12.3. The molecular formula is C22H28N4O4S. The molecule has 8 nitrogen and oxygen atoms in total. The van der Waals surface area contributed by atoms with Crippen LogP contribution in [0, 0.1) is 5.92 Å². The van der Waals surface area contributed by atoms with Crippen molar-refractivity contribution in [1.82, 2.24) is 20.1 Å². The van der Waals surface area contributed by atoms with Crippen LogP contribution in [0.1, 0.15) is 19.4 Å². The van der Waals surface area contributed by atoms with Crippen molar-refractivity contribution in [3.05, 3.63) is 42.2 Å². The summed E-state index contributed by atoms with van der Waals surface area (Å²) < 4.78 is 18.1. The Bertz CT molecular complexity index is 986. The fraction of sp³-hybridized carbons (Fsp3) is 0.409. The molecule has 0 aliphatic heterocycles. The number of hydrogen-bond donors (Lipinski definition) is 1. The van der Waals surface area contributed by atoms with Crippen molar-refractivity contribution in [2.75, 3.05) is 26.5 Å². The highest BCUT2D eigenvalue weighted by molar-refractivity contribution is 7.99. The third-order valence-corrected chi connectivity index (χ3v) is 5.49. The van der Waals surface area contributed by atoms with Crippen LogP contribution in [0.5, 0.6) is 11.5 Å². The average Bonchev–Trinajstić information content (AvgIpc) is 3.41. The molecule has 2 aromatic heterocycles. The summed E-state index contributed by atoms with van der Waals surface area (Å²) in [5.74, 6) is 3.32. The molecule has 1 N–H and O–H groups in total. The molecular weight excluding hydrogens is 416 g/mol. The first kappa shape index (κ1) is 22.7. The number of carbonyl (C=O) groups is 1. The molecule has 0 unspecified atom stereocenters. The van der Waals surface area contributed by atoms with Crippen LogP contribution in [0.2, 0.25) is 0 Å². The van der Waals surface area contributed by atoms with Gasteiger partial charge in [-0.15, -0.1) is 10.2 Å². The van der Waals surface area contributed by atoms with Crippen LogP contribution in [0.25, 0.3) is 11.6 Å². The average molecular weight is 445 g/mol. The number of thioether (sulfide) groups is 1. The number of nitrogens with one attached hydrogen (secondary N) is 1. The monoisotopic (exact) mass is 444 g/mol. The van der Waals surface area contributed by atoms with Crippen molar-refractivity contribution >= 4 is 17.7 Å². The van der Waals surface area contributed by atoms with E-state index in [1.165, 1.54) is 11.8 Å². The number of aromatic nitrogens is 3. The highest BCUT2D eigenvalue weighted by Gasteiger charge is 2.18. The molecule has 0 atom stereocenters. The van der Waals surface area contributed by atoms with Crippen molar-refractivity contribution in [3.8, 4) is 23.1 Å². The minimum Gasteiger partial charge on any atom is -0.493 e. The van der Waals surface area contributed by atoms with Crippen LogP contribution in [-0.2, 0) is 17.8 Å². The molecule has 1 aromatic carbocycles. The summed E-state index contributed by atoms with van der Waals surface area (Å²) in [6.07, 6.45) is 2.31. The first-order valence-corrected chi connectivity index (χ1v) is 11.1. The Morgan fingerprint density at radius 2 is 2.00 bits per heavy atom. The molecule has 31 heavy (non-hydrogen) atoms. The number of rotatable bonds is 11. The fourth-order valence-corrected chi connectivity index (χ4v) is 3.85. The van der Waals surface area contributed by atoms with E-state index in [9.17, 15) is 4.79 Å². The Morgan fingerprint density at radius 1 is 1.19 bits per heavy atom. The van der Waals surface area contributed by atoms with E-state index in [1.54, 1.807) is 20.5 Å². The van der Waals surface area contributed by atoms with Crippen LogP contribution >= 0.6 is 11.8 Å². The van der Waals surface area contributed by atoms with Gasteiger partial charge in [0.2, 0.25) is 5.91 Å². The maximum absolute atomic E-state index is 12.3. The van der Waals surface area contributed by atoms with Gasteiger partial charge < -0.3 is 19.2 Å². The van der Waals surface area contributed by atoms with E-state index in [1.807, 2.05) is 34.9 Å². The van der Waals surface area contributed by atoms with Gasteiger partial charge in [-0.05, 0) is 42.2 Å². The molecule has 9 heteroatoms. The lowest BCUT2D eigenvalue weighted by Crippen LogP contribution is -2.27. The van der Waals surface area contributed by atoms with E-state index in [4.69, 9.17) is 13.9 Å². The van der Waals surface area contributed by atoms with Gasteiger partial charge >= 0.3 is 0 Å². The number of amides is 1. The van der Waals surface area contributed by atoms with Gasteiger partial charge in [0.15, 0.2) is 28.2 Å². The zero-order chi connectivity index (χ0) is 22.2. The fourth-order valence-electron chi connectivity index (χ4n) is 3.08. The van der Waals surface area contributed by atoms with Crippen molar-refractivity contribution in [2.45, 2.75) is 32.0 Å². The predicted octanol–water partition coefficient (Wildman–Crippen LogP) is 3.66. The van der Waals surface area contributed by atoms with E-state index in [2.05, 4.69) is 29.4 Å². The first-order chi connectivity index (χ1) is 15.0. The lowest BCUT2D eigenvalue weighted by atomic mass is 10.1. The molecule has 0 fully saturated rings. The molecule has 1 amide bonds. The number of furan rings is 1. The van der Waals surface area contributed by atoms with Crippen LogP contribution in [0.3, 0.4) is 0 Å². The largest absolute Gasteiger partial charge is 0.493 e. The number of methoxy groups -OCH3 is 2. The van der Waals surface area contributed by atoms with Crippen molar-refractivity contribution in [1.29, 1.82) is 0 Å². The standard InChI is InChI=1S/C22H28N4O4S/c1-15(2)13-26-21(18-6-5-11-30-18)24-25-22(26)31-14-20(27)23-10-9-16-7-8-17(28-3)19(12-16)29-4/h5-8,11-12,15H,9-10,13-14H2,1-4H3,(H,23,27). The number of benzene rings is 1. The zero-order valence-electron chi connectivity index (χ0n) is 18.3. The van der Waals surface area contributed by atoms with Crippen molar-refractivity contribution in [3.63, 3.8) is 0 Å². The molecule has 166 valence electrons. The van der Waals surface area contributed by atoms with E-state index in [0.717, 1.165) is 12.1 Å². The lowest BCUT2D eigenvalue weighted by molar-refractivity contribution is -0.118. The van der Waals surface area contributed by atoms with Gasteiger partial charge in [-0.2, -0.15) is 0 Å². The van der Waals surface area contributed by atoms with Gasteiger partial charge in [0, 0.05) is 13.1 Å². The summed E-state index contributed by atoms with van der Waals surface area (Å²) in [6, 6.07) is 9.43. The topological polar surface area (TPSA) is 91.4 Å². The molecule has 0 aliphatic carbocycles. The third-order valence-electron chi connectivity index (χ3n) is 4.52. The van der Waals surface area contributed by atoms with Gasteiger partial charge in [0.1, 0.15) is 0 Å². The smallest absolute Gasteiger partial charge is 0.230 e. The molecule has 0 spiro atoms. The summed E-state index contributed by atoms with van der Waals surface area (Å²) in [7, 11) is 3.21. The quantitative estimate of drug-likeness (QED) is 0.451. The van der Waals surface area contributed by atoms with Gasteiger partial charge in [-0.3, -0.25) is 9.36 Å².